The third-order valence-corrected chi connectivity index (χ3v) is 5.42. The van der Waals surface area contributed by atoms with Crippen molar-refractivity contribution in [2.75, 3.05) is 14.1 Å². The van der Waals surface area contributed by atoms with Gasteiger partial charge in [0.2, 0.25) is 10.0 Å². The molecular formula is C17H17N3O4S. The Kier molecular flexibility index (Phi) is 4.56. The minimum absolute atomic E-state index is 0.00513. The van der Waals surface area contributed by atoms with E-state index < -0.39 is 16.0 Å². The number of aromatic nitrogens is 2. The zero-order chi connectivity index (χ0) is 18.0. The van der Waals surface area contributed by atoms with E-state index in [4.69, 9.17) is 4.74 Å². The number of carbonyl (C=O) groups is 1. The summed E-state index contributed by atoms with van der Waals surface area (Å²) in [7, 11) is -0.739. The Morgan fingerprint density at radius 1 is 1.20 bits per heavy atom. The van der Waals surface area contributed by atoms with Crippen LogP contribution in [0.2, 0.25) is 0 Å². The maximum Gasteiger partial charge on any atom is 0.338 e. The van der Waals surface area contributed by atoms with Gasteiger partial charge < -0.3 is 9.14 Å². The van der Waals surface area contributed by atoms with Gasteiger partial charge in [-0.1, -0.05) is 12.1 Å². The number of hydrogen-bond acceptors (Lipinski definition) is 5. The van der Waals surface area contributed by atoms with Gasteiger partial charge in [-0.25, -0.2) is 22.5 Å². The predicted molar refractivity (Wildman–Crippen MR) is 91.6 cm³/mol. The number of esters is 1. The smallest absolute Gasteiger partial charge is 0.338 e. The SMILES string of the molecule is CN(C)S(=O)(=O)c1cccc(C(=O)OCc2cn3ccccc3n2)c1. The van der Waals surface area contributed by atoms with E-state index in [-0.39, 0.29) is 17.1 Å². The van der Waals surface area contributed by atoms with E-state index in [1.54, 1.807) is 6.20 Å². The van der Waals surface area contributed by atoms with Gasteiger partial charge in [0.05, 0.1) is 16.2 Å². The molecule has 8 heteroatoms. The van der Waals surface area contributed by atoms with Crippen molar-refractivity contribution in [3.05, 3.63) is 66.1 Å². The lowest BCUT2D eigenvalue weighted by Crippen LogP contribution is -2.22. The summed E-state index contributed by atoms with van der Waals surface area (Å²) in [6.07, 6.45) is 3.62. The number of ether oxygens (including phenoxy) is 1. The monoisotopic (exact) mass is 359 g/mol. The topological polar surface area (TPSA) is 81.0 Å². The summed E-state index contributed by atoms with van der Waals surface area (Å²) in [4.78, 5) is 16.6. The Bertz CT molecular complexity index is 992. The van der Waals surface area contributed by atoms with Crippen molar-refractivity contribution in [2.45, 2.75) is 11.5 Å². The summed E-state index contributed by atoms with van der Waals surface area (Å²) in [5.41, 5.74) is 1.54. The lowest BCUT2D eigenvalue weighted by atomic mass is 10.2. The van der Waals surface area contributed by atoms with E-state index in [9.17, 15) is 13.2 Å². The van der Waals surface area contributed by atoms with Gasteiger partial charge >= 0.3 is 5.97 Å². The number of carbonyl (C=O) groups excluding carboxylic acids is 1. The summed E-state index contributed by atoms with van der Waals surface area (Å²) in [5, 5.41) is 0. The average molecular weight is 359 g/mol. The van der Waals surface area contributed by atoms with Gasteiger partial charge in [0.15, 0.2) is 0 Å². The Morgan fingerprint density at radius 2 is 2.00 bits per heavy atom. The number of imidazole rings is 1. The first kappa shape index (κ1) is 17.1. The number of sulfonamides is 1. The molecule has 3 rings (SSSR count). The van der Waals surface area contributed by atoms with Crippen LogP contribution in [-0.2, 0) is 21.4 Å². The van der Waals surface area contributed by atoms with Crippen molar-refractivity contribution >= 4 is 21.6 Å². The van der Waals surface area contributed by atoms with E-state index in [0.29, 0.717) is 5.69 Å². The van der Waals surface area contributed by atoms with Crippen molar-refractivity contribution in [2.24, 2.45) is 0 Å². The first-order valence-electron chi connectivity index (χ1n) is 7.50. The summed E-state index contributed by atoms with van der Waals surface area (Å²) in [6.45, 7) is 0.00513. The van der Waals surface area contributed by atoms with Crippen molar-refractivity contribution in [1.29, 1.82) is 0 Å². The molecule has 0 saturated carbocycles. The first-order chi connectivity index (χ1) is 11.9. The molecular weight excluding hydrogens is 342 g/mol. The average Bonchev–Trinajstić information content (AvgIpc) is 3.02. The third-order valence-electron chi connectivity index (χ3n) is 3.61. The number of fused-ring (bicyclic) bond motifs is 1. The van der Waals surface area contributed by atoms with Crippen molar-refractivity contribution in [3.63, 3.8) is 0 Å². The number of rotatable bonds is 5. The van der Waals surface area contributed by atoms with Crippen LogP contribution in [0.4, 0.5) is 0 Å². The van der Waals surface area contributed by atoms with Gasteiger partial charge in [-0.2, -0.15) is 0 Å². The largest absolute Gasteiger partial charge is 0.456 e. The van der Waals surface area contributed by atoms with Crippen LogP contribution in [0.3, 0.4) is 0 Å². The molecule has 0 radical (unpaired) electrons. The molecule has 0 aliphatic carbocycles. The predicted octanol–water partition coefficient (Wildman–Crippen LogP) is 1.94. The van der Waals surface area contributed by atoms with Crippen LogP contribution in [-0.4, -0.2) is 42.2 Å². The second kappa shape index (κ2) is 6.66. The first-order valence-corrected chi connectivity index (χ1v) is 8.94. The summed E-state index contributed by atoms with van der Waals surface area (Å²) >= 11 is 0. The maximum atomic E-state index is 12.2. The van der Waals surface area contributed by atoms with E-state index in [1.165, 1.54) is 38.4 Å². The van der Waals surface area contributed by atoms with Gasteiger partial charge in [-0.05, 0) is 30.3 Å². The van der Waals surface area contributed by atoms with Crippen LogP contribution in [0.1, 0.15) is 16.1 Å². The van der Waals surface area contributed by atoms with Crippen LogP contribution >= 0.6 is 0 Å². The Hall–Kier alpha value is -2.71. The Morgan fingerprint density at radius 3 is 2.72 bits per heavy atom. The standard InChI is InChI=1S/C17H17N3O4S/c1-19(2)25(22,23)15-7-5-6-13(10-15)17(21)24-12-14-11-20-9-4-3-8-16(20)18-14/h3-11H,12H2,1-2H3. The quantitative estimate of drug-likeness (QED) is 0.650. The molecule has 0 spiro atoms. The molecule has 3 aromatic rings. The normalized spacial score (nSPS) is 11.8. The fraction of sp³-hybridized carbons (Fsp3) is 0.176. The molecule has 7 nitrogen and oxygen atoms in total. The van der Waals surface area contributed by atoms with Crippen molar-refractivity contribution in [3.8, 4) is 0 Å². The summed E-state index contributed by atoms with van der Waals surface area (Å²) in [5.74, 6) is -0.604. The molecule has 25 heavy (non-hydrogen) atoms. The van der Waals surface area contributed by atoms with Crippen LogP contribution in [0, 0.1) is 0 Å². The highest BCUT2D eigenvalue weighted by atomic mass is 32.2. The number of benzene rings is 1. The molecule has 2 heterocycles. The summed E-state index contributed by atoms with van der Waals surface area (Å²) in [6, 6.07) is 11.4. The fourth-order valence-electron chi connectivity index (χ4n) is 2.27. The Labute approximate surface area is 145 Å². The van der Waals surface area contributed by atoms with Crippen LogP contribution < -0.4 is 0 Å². The van der Waals surface area contributed by atoms with Gasteiger partial charge in [0.25, 0.3) is 0 Å². The van der Waals surface area contributed by atoms with Gasteiger partial charge in [-0.3, -0.25) is 0 Å². The lowest BCUT2D eigenvalue weighted by Gasteiger charge is -2.12. The van der Waals surface area contributed by atoms with E-state index in [1.807, 2.05) is 28.8 Å². The fourth-order valence-corrected chi connectivity index (χ4v) is 3.22. The molecule has 1 aromatic carbocycles. The summed E-state index contributed by atoms with van der Waals surface area (Å²) < 4.78 is 32.5. The minimum Gasteiger partial charge on any atom is -0.456 e. The number of pyridine rings is 1. The molecule has 2 aromatic heterocycles. The zero-order valence-corrected chi connectivity index (χ0v) is 14.6. The second-order valence-corrected chi connectivity index (χ2v) is 7.74. The third kappa shape index (κ3) is 3.54. The Balaban J connectivity index is 1.75. The molecule has 0 fully saturated rings. The number of nitrogens with zero attached hydrogens (tertiary/aromatic N) is 3. The highest BCUT2D eigenvalue weighted by Crippen LogP contribution is 2.16. The molecule has 0 saturated heterocycles. The van der Waals surface area contributed by atoms with Crippen molar-refractivity contribution < 1.29 is 17.9 Å². The van der Waals surface area contributed by atoms with E-state index in [2.05, 4.69) is 4.98 Å². The zero-order valence-electron chi connectivity index (χ0n) is 13.8. The van der Waals surface area contributed by atoms with Gasteiger partial charge in [0.1, 0.15) is 12.3 Å². The molecule has 0 aliphatic heterocycles. The number of hydrogen-bond donors (Lipinski definition) is 0. The highest BCUT2D eigenvalue weighted by molar-refractivity contribution is 7.89. The second-order valence-electron chi connectivity index (χ2n) is 5.59. The van der Waals surface area contributed by atoms with E-state index >= 15 is 0 Å². The van der Waals surface area contributed by atoms with E-state index in [0.717, 1.165) is 9.95 Å². The molecule has 0 aliphatic rings. The van der Waals surface area contributed by atoms with Gasteiger partial charge in [-0.15, -0.1) is 0 Å². The molecule has 0 unspecified atom stereocenters. The minimum atomic E-state index is -3.61. The molecule has 0 N–H and O–H groups in total. The van der Waals surface area contributed by atoms with Crippen LogP contribution in [0.5, 0.6) is 0 Å². The van der Waals surface area contributed by atoms with Gasteiger partial charge in [0, 0.05) is 26.5 Å². The van der Waals surface area contributed by atoms with Crippen molar-refractivity contribution in [1.82, 2.24) is 13.7 Å². The maximum absolute atomic E-state index is 12.2. The van der Waals surface area contributed by atoms with Crippen LogP contribution in [0.15, 0.2) is 59.8 Å². The molecule has 0 amide bonds. The lowest BCUT2D eigenvalue weighted by molar-refractivity contribution is 0.0468. The highest BCUT2D eigenvalue weighted by Gasteiger charge is 2.19. The molecule has 0 atom stereocenters. The molecule has 130 valence electrons. The van der Waals surface area contributed by atoms with Crippen LogP contribution in [0.25, 0.3) is 5.65 Å². The molecule has 0 bridgehead atoms.